The SMILES string of the molecule is Cc1ccc2c(n1)[nH]c1cc(N)ccc12. The van der Waals surface area contributed by atoms with E-state index in [1.165, 1.54) is 5.39 Å². The lowest BCUT2D eigenvalue weighted by Crippen LogP contribution is -1.82. The van der Waals surface area contributed by atoms with Crippen LogP contribution in [0, 0.1) is 6.92 Å². The molecular weight excluding hydrogens is 186 g/mol. The molecule has 0 aliphatic rings. The predicted octanol–water partition coefficient (Wildman–Crippen LogP) is 2.61. The van der Waals surface area contributed by atoms with Crippen LogP contribution >= 0.6 is 0 Å². The van der Waals surface area contributed by atoms with Crippen LogP contribution in [0.1, 0.15) is 5.69 Å². The van der Waals surface area contributed by atoms with Gasteiger partial charge in [-0.05, 0) is 31.2 Å². The van der Waals surface area contributed by atoms with Gasteiger partial charge in [0.15, 0.2) is 0 Å². The van der Waals surface area contributed by atoms with Gasteiger partial charge in [-0.3, -0.25) is 0 Å². The molecule has 0 fully saturated rings. The maximum Gasteiger partial charge on any atom is 0.138 e. The highest BCUT2D eigenvalue weighted by molar-refractivity contribution is 6.06. The third-order valence-corrected chi connectivity index (χ3v) is 2.62. The zero-order valence-electron chi connectivity index (χ0n) is 8.41. The summed E-state index contributed by atoms with van der Waals surface area (Å²) in [5.74, 6) is 0. The molecule has 3 aromatic rings. The van der Waals surface area contributed by atoms with E-state index in [0.29, 0.717) is 0 Å². The zero-order chi connectivity index (χ0) is 10.4. The van der Waals surface area contributed by atoms with Crippen molar-refractivity contribution in [3.05, 3.63) is 36.0 Å². The van der Waals surface area contributed by atoms with Crippen LogP contribution in [0.25, 0.3) is 21.9 Å². The van der Waals surface area contributed by atoms with E-state index in [2.05, 4.69) is 16.0 Å². The van der Waals surface area contributed by atoms with E-state index in [1.54, 1.807) is 0 Å². The summed E-state index contributed by atoms with van der Waals surface area (Å²) in [7, 11) is 0. The summed E-state index contributed by atoms with van der Waals surface area (Å²) in [6, 6.07) is 9.99. The molecule has 2 heterocycles. The van der Waals surface area contributed by atoms with Gasteiger partial charge in [-0.2, -0.15) is 0 Å². The molecule has 0 saturated heterocycles. The molecule has 3 N–H and O–H groups in total. The van der Waals surface area contributed by atoms with Gasteiger partial charge in [-0.1, -0.05) is 6.07 Å². The largest absolute Gasteiger partial charge is 0.399 e. The number of nitrogens with two attached hydrogens (primary N) is 1. The normalized spacial score (nSPS) is 11.3. The molecule has 0 bridgehead atoms. The van der Waals surface area contributed by atoms with Gasteiger partial charge in [0.1, 0.15) is 5.65 Å². The van der Waals surface area contributed by atoms with Crippen molar-refractivity contribution < 1.29 is 0 Å². The van der Waals surface area contributed by atoms with Crippen LogP contribution < -0.4 is 5.73 Å². The van der Waals surface area contributed by atoms with E-state index < -0.39 is 0 Å². The van der Waals surface area contributed by atoms with Crippen molar-refractivity contribution in [3.63, 3.8) is 0 Å². The first-order valence-electron chi connectivity index (χ1n) is 4.88. The van der Waals surface area contributed by atoms with Crippen molar-refractivity contribution in [3.8, 4) is 0 Å². The first-order valence-corrected chi connectivity index (χ1v) is 4.88. The number of rotatable bonds is 0. The number of aromatic amines is 1. The predicted molar refractivity (Wildman–Crippen MR) is 62.7 cm³/mol. The first kappa shape index (κ1) is 8.29. The lowest BCUT2D eigenvalue weighted by molar-refractivity contribution is 1.23. The van der Waals surface area contributed by atoms with Crippen LogP contribution in [0.2, 0.25) is 0 Å². The van der Waals surface area contributed by atoms with Crippen LogP contribution in [0.5, 0.6) is 0 Å². The molecule has 0 radical (unpaired) electrons. The van der Waals surface area contributed by atoms with Crippen LogP contribution in [0.15, 0.2) is 30.3 Å². The molecule has 0 atom stereocenters. The minimum Gasteiger partial charge on any atom is -0.399 e. The van der Waals surface area contributed by atoms with Crippen LogP contribution in [0.4, 0.5) is 5.69 Å². The Bertz CT molecular complexity index is 596. The highest BCUT2D eigenvalue weighted by Crippen LogP contribution is 2.25. The molecule has 0 amide bonds. The number of nitrogen functional groups attached to an aromatic ring is 1. The topological polar surface area (TPSA) is 54.7 Å². The van der Waals surface area contributed by atoms with Gasteiger partial charge in [0.05, 0.1) is 0 Å². The van der Waals surface area contributed by atoms with Gasteiger partial charge in [-0.25, -0.2) is 4.98 Å². The summed E-state index contributed by atoms with van der Waals surface area (Å²) in [5.41, 5.74) is 9.49. The van der Waals surface area contributed by atoms with Gasteiger partial charge in [0, 0.05) is 27.7 Å². The summed E-state index contributed by atoms with van der Waals surface area (Å²) in [6.07, 6.45) is 0. The number of aryl methyl sites for hydroxylation is 1. The van der Waals surface area contributed by atoms with Crippen molar-refractivity contribution in [2.75, 3.05) is 5.73 Å². The van der Waals surface area contributed by atoms with Gasteiger partial charge >= 0.3 is 0 Å². The van der Waals surface area contributed by atoms with E-state index >= 15 is 0 Å². The zero-order valence-corrected chi connectivity index (χ0v) is 8.41. The lowest BCUT2D eigenvalue weighted by Gasteiger charge is -1.93. The molecule has 74 valence electrons. The van der Waals surface area contributed by atoms with E-state index in [9.17, 15) is 0 Å². The van der Waals surface area contributed by atoms with Gasteiger partial charge in [-0.15, -0.1) is 0 Å². The Morgan fingerprint density at radius 1 is 1.13 bits per heavy atom. The summed E-state index contributed by atoms with van der Waals surface area (Å²) in [6.45, 7) is 1.99. The fraction of sp³-hybridized carbons (Fsp3) is 0.0833. The fourth-order valence-electron chi connectivity index (χ4n) is 1.90. The second-order valence-electron chi connectivity index (χ2n) is 3.78. The lowest BCUT2D eigenvalue weighted by atomic mass is 10.2. The number of aromatic nitrogens is 2. The molecule has 2 aromatic heterocycles. The number of hydrogen-bond acceptors (Lipinski definition) is 2. The number of nitrogens with zero attached hydrogens (tertiary/aromatic N) is 1. The first-order chi connectivity index (χ1) is 7.24. The van der Waals surface area contributed by atoms with Crippen LogP contribution in [0.3, 0.4) is 0 Å². The molecule has 0 spiro atoms. The Morgan fingerprint density at radius 3 is 2.80 bits per heavy atom. The number of hydrogen-bond donors (Lipinski definition) is 2. The number of benzene rings is 1. The smallest absolute Gasteiger partial charge is 0.138 e. The third-order valence-electron chi connectivity index (χ3n) is 2.62. The maximum atomic E-state index is 5.74. The average Bonchev–Trinajstić information content (AvgIpc) is 2.53. The van der Waals surface area contributed by atoms with Crippen molar-refractivity contribution in [2.24, 2.45) is 0 Å². The monoisotopic (exact) mass is 197 g/mol. The third kappa shape index (κ3) is 1.16. The van der Waals surface area contributed by atoms with Crippen molar-refractivity contribution in [2.45, 2.75) is 6.92 Å². The van der Waals surface area contributed by atoms with Gasteiger partial charge in [0.25, 0.3) is 0 Å². The standard InChI is InChI=1S/C12H11N3/c1-7-2-4-10-9-5-3-8(13)6-11(9)15-12(10)14-7/h2-6H,13H2,1H3,(H,14,15). The van der Waals surface area contributed by atoms with Crippen LogP contribution in [-0.2, 0) is 0 Å². The molecule has 0 aliphatic heterocycles. The summed E-state index contributed by atoms with van der Waals surface area (Å²) < 4.78 is 0. The average molecular weight is 197 g/mol. The van der Waals surface area contributed by atoms with Crippen molar-refractivity contribution in [1.82, 2.24) is 9.97 Å². The maximum absolute atomic E-state index is 5.74. The quantitative estimate of drug-likeness (QED) is 0.544. The molecule has 0 saturated carbocycles. The Balaban J connectivity index is 2.51. The second-order valence-corrected chi connectivity index (χ2v) is 3.78. The highest BCUT2D eigenvalue weighted by atomic mass is 14.9. The van der Waals surface area contributed by atoms with Crippen LogP contribution in [-0.4, -0.2) is 9.97 Å². The fourth-order valence-corrected chi connectivity index (χ4v) is 1.90. The molecule has 3 heteroatoms. The minimum absolute atomic E-state index is 0.769. The Kier molecular flexibility index (Phi) is 1.51. The Morgan fingerprint density at radius 2 is 1.93 bits per heavy atom. The summed E-state index contributed by atoms with van der Waals surface area (Å²) in [5, 5.41) is 2.32. The molecule has 0 unspecified atom stereocenters. The molecule has 1 aromatic carbocycles. The number of H-pyrrole nitrogens is 1. The minimum atomic E-state index is 0.769. The van der Waals surface area contributed by atoms with E-state index in [1.807, 2.05) is 31.2 Å². The number of fused-ring (bicyclic) bond motifs is 3. The second kappa shape index (κ2) is 2.73. The Labute approximate surface area is 86.9 Å². The number of nitrogens with one attached hydrogen (secondary N) is 1. The number of pyridine rings is 1. The molecule has 0 aliphatic carbocycles. The molecule has 3 rings (SSSR count). The summed E-state index contributed by atoms with van der Waals surface area (Å²) >= 11 is 0. The highest BCUT2D eigenvalue weighted by Gasteiger charge is 2.04. The van der Waals surface area contributed by atoms with Crippen molar-refractivity contribution >= 4 is 27.6 Å². The van der Waals surface area contributed by atoms with E-state index in [0.717, 1.165) is 27.9 Å². The molecular formula is C12H11N3. The molecule has 3 nitrogen and oxygen atoms in total. The summed E-state index contributed by atoms with van der Waals surface area (Å²) in [4.78, 5) is 7.71. The van der Waals surface area contributed by atoms with E-state index in [4.69, 9.17) is 5.73 Å². The van der Waals surface area contributed by atoms with E-state index in [-0.39, 0.29) is 0 Å². The molecule has 15 heavy (non-hydrogen) atoms. The number of anilines is 1. The Hall–Kier alpha value is -2.03. The van der Waals surface area contributed by atoms with Crippen molar-refractivity contribution in [1.29, 1.82) is 0 Å². The van der Waals surface area contributed by atoms with Gasteiger partial charge in [0.2, 0.25) is 0 Å². The van der Waals surface area contributed by atoms with Gasteiger partial charge < -0.3 is 10.7 Å².